The van der Waals surface area contributed by atoms with Crippen molar-refractivity contribution in [3.8, 4) is 11.5 Å². The van der Waals surface area contributed by atoms with E-state index in [1.165, 1.54) is 19.2 Å². The number of carbonyl (C=O) groups is 2. The van der Waals surface area contributed by atoms with Gasteiger partial charge in [0.2, 0.25) is 0 Å². The normalized spacial score (nSPS) is 25.5. The number of aliphatic hydroxyl groups is 1. The van der Waals surface area contributed by atoms with Gasteiger partial charge in [-0.05, 0) is 61.1 Å². The Morgan fingerprint density at radius 1 is 1.00 bits per heavy atom. The van der Waals surface area contributed by atoms with Gasteiger partial charge < -0.3 is 24.6 Å². The van der Waals surface area contributed by atoms with Crippen molar-refractivity contribution >= 4 is 11.9 Å². The molecule has 0 unspecified atom stereocenters. The van der Waals surface area contributed by atoms with E-state index in [1.54, 1.807) is 41.3 Å². The lowest BCUT2D eigenvalue weighted by atomic mass is 9.78. The number of aliphatic hydroxyl groups excluding tert-OH is 1. The van der Waals surface area contributed by atoms with Crippen molar-refractivity contribution in [2.24, 2.45) is 11.8 Å². The maximum absolute atomic E-state index is 12.8. The Morgan fingerprint density at radius 2 is 1.70 bits per heavy atom. The molecule has 7 heteroatoms. The molecule has 158 valence electrons. The molecule has 4 rings (SSSR count). The van der Waals surface area contributed by atoms with Crippen molar-refractivity contribution in [3.63, 3.8) is 0 Å². The van der Waals surface area contributed by atoms with Gasteiger partial charge in [-0.3, -0.25) is 4.79 Å². The predicted molar refractivity (Wildman–Crippen MR) is 108 cm³/mol. The molecular formula is C23H25NO6. The second-order valence-electron chi connectivity index (χ2n) is 8.00. The second kappa shape index (κ2) is 8.36. The number of amides is 1. The van der Waals surface area contributed by atoms with Crippen LogP contribution in [-0.2, 0) is 4.74 Å². The van der Waals surface area contributed by atoms with Gasteiger partial charge in [-0.15, -0.1) is 0 Å². The monoisotopic (exact) mass is 411 g/mol. The maximum atomic E-state index is 12.8. The number of methoxy groups -OCH3 is 1. The Morgan fingerprint density at radius 3 is 2.43 bits per heavy atom. The summed E-state index contributed by atoms with van der Waals surface area (Å²) in [6, 6.07) is 13.1. The lowest BCUT2D eigenvalue weighted by Crippen LogP contribution is -2.42. The topological polar surface area (TPSA) is 96.3 Å². The fraction of sp³-hybridized carbons (Fsp3) is 0.391. The predicted octanol–water partition coefficient (Wildman–Crippen LogP) is 2.47. The largest absolute Gasteiger partial charge is 0.508 e. The van der Waals surface area contributed by atoms with Crippen LogP contribution in [0.15, 0.2) is 48.5 Å². The quantitative estimate of drug-likeness (QED) is 0.751. The number of benzene rings is 2. The summed E-state index contributed by atoms with van der Waals surface area (Å²) in [5.41, 5.74) is 0.851. The van der Waals surface area contributed by atoms with Crippen LogP contribution in [0.25, 0.3) is 0 Å². The molecule has 4 atom stereocenters. The zero-order valence-electron chi connectivity index (χ0n) is 16.7. The molecule has 0 aromatic heterocycles. The highest BCUT2D eigenvalue weighted by Crippen LogP contribution is 2.38. The van der Waals surface area contributed by atoms with E-state index >= 15 is 0 Å². The van der Waals surface area contributed by atoms with Crippen LogP contribution >= 0.6 is 0 Å². The first kappa shape index (κ1) is 20.2. The minimum absolute atomic E-state index is 0.0653. The summed E-state index contributed by atoms with van der Waals surface area (Å²) < 4.78 is 10.8. The molecule has 1 saturated carbocycles. The molecule has 1 aliphatic carbocycles. The lowest BCUT2D eigenvalue weighted by Gasteiger charge is -2.35. The van der Waals surface area contributed by atoms with Crippen LogP contribution in [0.5, 0.6) is 11.5 Å². The number of rotatable bonds is 4. The van der Waals surface area contributed by atoms with Crippen molar-refractivity contribution in [3.05, 3.63) is 59.7 Å². The summed E-state index contributed by atoms with van der Waals surface area (Å²) in [4.78, 5) is 26.3. The Kier molecular flexibility index (Phi) is 5.63. The number of hydrogen-bond donors (Lipinski definition) is 2. The molecule has 2 N–H and O–H groups in total. The van der Waals surface area contributed by atoms with Crippen molar-refractivity contribution in [1.29, 1.82) is 0 Å². The molecule has 1 saturated heterocycles. The van der Waals surface area contributed by atoms with Crippen molar-refractivity contribution in [2.75, 3.05) is 20.2 Å². The molecule has 1 aliphatic heterocycles. The van der Waals surface area contributed by atoms with Crippen LogP contribution in [0.3, 0.4) is 0 Å². The van der Waals surface area contributed by atoms with Crippen LogP contribution < -0.4 is 4.74 Å². The highest BCUT2D eigenvalue weighted by Gasteiger charge is 2.44. The first-order chi connectivity index (χ1) is 14.4. The van der Waals surface area contributed by atoms with Crippen molar-refractivity contribution in [2.45, 2.75) is 25.0 Å². The third-order valence-corrected chi connectivity index (χ3v) is 6.01. The van der Waals surface area contributed by atoms with E-state index in [0.29, 0.717) is 42.8 Å². The lowest BCUT2D eigenvalue weighted by molar-refractivity contribution is -0.0231. The third kappa shape index (κ3) is 4.11. The van der Waals surface area contributed by atoms with E-state index in [-0.39, 0.29) is 23.5 Å². The number of phenols is 1. The number of ether oxygens (including phenoxy) is 2. The molecule has 1 amide bonds. The maximum Gasteiger partial charge on any atom is 0.337 e. The van der Waals surface area contributed by atoms with Gasteiger partial charge in [0.25, 0.3) is 5.91 Å². The molecule has 2 fully saturated rings. The Balaban J connectivity index is 1.42. The second-order valence-corrected chi connectivity index (χ2v) is 8.00. The molecule has 2 aromatic rings. The van der Waals surface area contributed by atoms with Gasteiger partial charge in [0, 0.05) is 18.7 Å². The third-order valence-electron chi connectivity index (χ3n) is 6.01. The van der Waals surface area contributed by atoms with E-state index in [1.807, 2.05) is 0 Å². The molecule has 1 heterocycles. The minimum atomic E-state index is -0.649. The number of carbonyl (C=O) groups excluding carboxylic acids is 2. The van der Waals surface area contributed by atoms with Crippen LogP contribution in [0.2, 0.25) is 0 Å². The number of nitrogens with zero attached hydrogens (tertiary/aromatic N) is 1. The molecule has 7 nitrogen and oxygen atoms in total. The Hall–Kier alpha value is -3.06. The van der Waals surface area contributed by atoms with Crippen LogP contribution in [-0.4, -0.2) is 59.4 Å². The molecular weight excluding hydrogens is 386 g/mol. The summed E-state index contributed by atoms with van der Waals surface area (Å²) in [6.45, 7) is 1.18. The van der Waals surface area contributed by atoms with Crippen molar-refractivity contribution in [1.82, 2.24) is 4.90 Å². The average Bonchev–Trinajstić information content (AvgIpc) is 3.15. The SMILES string of the molecule is COC(=O)c1cccc(O[C@@H]2C[C@@H]3CN(C(=O)c4cccc(O)c4)C[C@@H]3C[C@H]2O)c1. The summed E-state index contributed by atoms with van der Waals surface area (Å²) >= 11 is 0. The van der Waals surface area contributed by atoms with Gasteiger partial charge in [-0.2, -0.15) is 0 Å². The number of esters is 1. The number of fused-ring (bicyclic) bond motifs is 1. The van der Waals surface area contributed by atoms with Gasteiger partial charge >= 0.3 is 5.97 Å². The van der Waals surface area contributed by atoms with E-state index in [0.717, 1.165) is 0 Å². The van der Waals surface area contributed by atoms with E-state index < -0.39 is 18.2 Å². The zero-order valence-corrected chi connectivity index (χ0v) is 16.7. The highest BCUT2D eigenvalue weighted by atomic mass is 16.5. The number of phenolic OH excluding ortho intramolecular Hbond substituents is 1. The number of hydrogen-bond acceptors (Lipinski definition) is 6. The van der Waals surface area contributed by atoms with Crippen LogP contribution in [0.4, 0.5) is 0 Å². The summed E-state index contributed by atoms with van der Waals surface area (Å²) in [5.74, 6) is 0.451. The molecule has 0 radical (unpaired) electrons. The summed E-state index contributed by atoms with van der Waals surface area (Å²) in [6.07, 6.45) is 0.118. The Bertz CT molecular complexity index is 945. The van der Waals surface area contributed by atoms with Crippen LogP contribution in [0, 0.1) is 11.8 Å². The Labute approximate surface area is 174 Å². The van der Waals surface area contributed by atoms with Gasteiger partial charge in [0.15, 0.2) is 0 Å². The summed E-state index contributed by atoms with van der Waals surface area (Å²) in [5, 5.41) is 20.3. The van der Waals surface area contributed by atoms with E-state index in [4.69, 9.17) is 9.47 Å². The minimum Gasteiger partial charge on any atom is -0.508 e. The smallest absolute Gasteiger partial charge is 0.337 e. The van der Waals surface area contributed by atoms with E-state index in [2.05, 4.69) is 0 Å². The first-order valence-electron chi connectivity index (χ1n) is 10.1. The average molecular weight is 411 g/mol. The molecule has 0 bridgehead atoms. The molecule has 30 heavy (non-hydrogen) atoms. The summed E-state index contributed by atoms with van der Waals surface area (Å²) in [7, 11) is 1.32. The fourth-order valence-corrected chi connectivity index (χ4v) is 4.49. The highest BCUT2D eigenvalue weighted by molar-refractivity contribution is 5.94. The standard InChI is InChI=1S/C23H25NO6/c1-29-23(28)15-5-3-7-19(9-15)30-21-11-17-13-24(12-16(17)10-20(21)26)22(27)14-4-2-6-18(25)8-14/h2-9,16-17,20-21,25-26H,10-13H2,1H3/t16-,17+,20+,21+/m0/s1. The molecule has 0 spiro atoms. The van der Waals surface area contributed by atoms with Gasteiger partial charge in [0.1, 0.15) is 17.6 Å². The number of aromatic hydroxyl groups is 1. The van der Waals surface area contributed by atoms with Gasteiger partial charge in [-0.1, -0.05) is 12.1 Å². The zero-order chi connectivity index (χ0) is 21.3. The molecule has 2 aliphatic rings. The van der Waals surface area contributed by atoms with Gasteiger partial charge in [0.05, 0.1) is 18.8 Å². The fourth-order valence-electron chi connectivity index (χ4n) is 4.49. The van der Waals surface area contributed by atoms with Gasteiger partial charge in [-0.25, -0.2) is 4.79 Å². The van der Waals surface area contributed by atoms with Crippen molar-refractivity contribution < 1.29 is 29.3 Å². The van der Waals surface area contributed by atoms with E-state index in [9.17, 15) is 19.8 Å². The molecule has 2 aromatic carbocycles. The first-order valence-corrected chi connectivity index (χ1v) is 10.1. The number of likely N-dealkylation sites (tertiary alicyclic amines) is 1. The van der Waals surface area contributed by atoms with Crippen LogP contribution in [0.1, 0.15) is 33.6 Å².